The van der Waals surface area contributed by atoms with Gasteiger partial charge in [0.15, 0.2) is 5.78 Å². The minimum absolute atomic E-state index is 0.0216. The van der Waals surface area contributed by atoms with E-state index < -0.39 is 12.1 Å². The van der Waals surface area contributed by atoms with Crippen molar-refractivity contribution in [3.05, 3.63) is 34.9 Å². The Morgan fingerprint density at radius 3 is 2.50 bits per heavy atom. The van der Waals surface area contributed by atoms with Crippen LogP contribution in [0.5, 0.6) is 0 Å². The van der Waals surface area contributed by atoms with Gasteiger partial charge in [-0.1, -0.05) is 24.9 Å². The summed E-state index contributed by atoms with van der Waals surface area (Å²) in [5.41, 5.74) is 0.590. The Kier molecular flexibility index (Phi) is 6.65. The summed E-state index contributed by atoms with van der Waals surface area (Å²) >= 11 is 7.29. The second-order valence-corrected chi connectivity index (χ2v) is 8.66. The smallest absolute Gasteiger partial charge is 0.311 e. The number of benzene rings is 1. The topological polar surface area (TPSA) is 81.8 Å². The number of Topliss-reactive ketones (excluding diaryl/α,β-unsaturated/α-hetero) is 1. The van der Waals surface area contributed by atoms with Gasteiger partial charge in [0.2, 0.25) is 5.91 Å². The van der Waals surface area contributed by atoms with Gasteiger partial charge in [-0.2, -0.15) is 0 Å². The Balaban J connectivity index is 1.76. The highest BCUT2D eigenvalue weighted by Crippen LogP contribution is 2.32. The molecule has 0 aromatic heterocycles. The van der Waals surface area contributed by atoms with E-state index in [9.17, 15) is 14.4 Å². The van der Waals surface area contributed by atoms with E-state index in [1.54, 1.807) is 36.2 Å². The largest absolute Gasteiger partial charge is 0.327 e. The fraction of sp³-hybridized carbons (Fsp3) is 0.526. The number of carbonyl (C=O) groups is 3. The highest BCUT2D eigenvalue weighted by Gasteiger charge is 2.50. The third-order valence-electron chi connectivity index (χ3n) is 5.16. The molecule has 0 aliphatic carbocycles. The number of hydrogen-bond donors (Lipinski definition) is 2. The molecule has 4 atom stereocenters. The molecule has 2 fully saturated rings. The normalized spacial score (nSPS) is 27.7. The van der Waals surface area contributed by atoms with E-state index in [0.29, 0.717) is 10.6 Å². The molecule has 2 aliphatic heterocycles. The summed E-state index contributed by atoms with van der Waals surface area (Å²) in [5, 5.41) is 7.13. The number of urea groups is 1. The molecule has 3 rings (SSSR count). The van der Waals surface area contributed by atoms with Crippen LogP contribution < -0.4 is 10.6 Å². The molecule has 2 aliphatic rings. The third-order valence-corrected chi connectivity index (χ3v) is 6.63. The van der Waals surface area contributed by atoms with Crippen molar-refractivity contribution in [2.75, 3.05) is 19.8 Å². The number of hydrogen-bond acceptors (Lipinski definition) is 6. The SMILES string of the molecule is CCCC1NC(SCC(=O)c2ccc(Cl)cc2)C2C(=O)N(C)C(=O)N(C)C2N1. The van der Waals surface area contributed by atoms with Crippen molar-refractivity contribution in [1.82, 2.24) is 20.4 Å². The van der Waals surface area contributed by atoms with E-state index in [0.717, 1.165) is 17.7 Å². The molecule has 0 spiro atoms. The summed E-state index contributed by atoms with van der Waals surface area (Å²) in [6, 6.07) is 6.47. The lowest BCUT2D eigenvalue weighted by atomic mass is 9.96. The van der Waals surface area contributed by atoms with E-state index in [1.807, 2.05) is 0 Å². The molecule has 152 valence electrons. The molecule has 0 bridgehead atoms. The fourth-order valence-electron chi connectivity index (χ4n) is 3.61. The molecule has 0 radical (unpaired) electrons. The molecule has 2 N–H and O–H groups in total. The summed E-state index contributed by atoms with van der Waals surface area (Å²) in [4.78, 5) is 40.5. The lowest BCUT2D eigenvalue weighted by Crippen LogP contribution is -2.74. The molecule has 28 heavy (non-hydrogen) atoms. The van der Waals surface area contributed by atoms with Gasteiger partial charge < -0.3 is 4.90 Å². The number of carbonyl (C=O) groups excluding carboxylic acids is 3. The molecule has 1 aromatic carbocycles. The first-order valence-corrected chi connectivity index (χ1v) is 10.7. The number of ketones is 1. The zero-order valence-corrected chi connectivity index (χ0v) is 17.7. The van der Waals surface area contributed by atoms with Gasteiger partial charge in [-0.15, -0.1) is 11.8 Å². The fourth-order valence-corrected chi connectivity index (χ4v) is 4.96. The van der Waals surface area contributed by atoms with Crippen LogP contribution in [0.2, 0.25) is 5.02 Å². The van der Waals surface area contributed by atoms with Crippen molar-refractivity contribution in [3.8, 4) is 0 Å². The predicted molar refractivity (Wildman–Crippen MR) is 110 cm³/mol. The van der Waals surface area contributed by atoms with Crippen molar-refractivity contribution < 1.29 is 14.4 Å². The Bertz CT molecular complexity index is 760. The summed E-state index contributed by atoms with van der Waals surface area (Å²) in [6.45, 7) is 2.08. The molecule has 4 unspecified atom stereocenters. The number of amides is 3. The Morgan fingerprint density at radius 2 is 1.86 bits per heavy atom. The Hall–Kier alpha value is -1.61. The first-order chi connectivity index (χ1) is 13.3. The molecular formula is C19H25ClN4O3S. The van der Waals surface area contributed by atoms with Gasteiger partial charge in [-0.05, 0) is 30.7 Å². The maximum atomic E-state index is 12.8. The van der Waals surface area contributed by atoms with Crippen LogP contribution in [0.15, 0.2) is 24.3 Å². The summed E-state index contributed by atoms with van der Waals surface area (Å²) < 4.78 is 0. The van der Waals surface area contributed by atoms with E-state index in [1.165, 1.54) is 18.8 Å². The second kappa shape index (κ2) is 8.82. The number of thioether (sulfide) groups is 1. The van der Waals surface area contributed by atoms with Crippen LogP contribution in [0.1, 0.15) is 30.1 Å². The summed E-state index contributed by atoms with van der Waals surface area (Å²) in [5.74, 6) is -0.495. The van der Waals surface area contributed by atoms with Gasteiger partial charge in [0, 0.05) is 24.7 Å². The van der Waals surface area contributed by atoms with Crippen LogP contribution in [0.4, 0.5) is 4.79 Å². The molecule has 2 saturated heterocycles. The van der Waals surface area contributed by atoms with Gasteiger partial charge >= 0.3 is 6.03 Å². The quantitative estimate of drug-likeness (QED) is 0.682. The Morgan fingerprint density at radius 1 is 1.18 bits per heavy atom. The molecular weight excluding hydrogens is 400 g/mol. The van der Waals surface area contributed by atoms with Gasteiger partial charge in [0.1, 0.15) is 0 Å². The molecule has 1 aromatic rings. The maximum absolute atomic E-state index is 12.8. The van der Waals surface area contributed by atoms with E-state index >= 15 is 0 Å². The van der Waals surface area contributed by atoms with Crippen LogP contribution in [0.3, 0.4) is 0 Å². The van der Waals surface area contributed by atoms with Gasteiger partial charge in [0.25, 0.3) is 0 Å². The van der Waals surface area contributed by atoms with Crippen molar-refractivity contribution in [1.29, 1.82) is 0 Å². The predicted octanol–water partition coefficient (Wildman–Crippen LogP) is 2.37. The second-order valence-electron chi connectivity index (χ2n) is 7.10. The minimum atomic E-state index is -0.469. The number of nitrogens with one attached hydrogen (secondary N) is 2. The van der Waals surface area contributed by atoms with Crippen LogP contribution in [0.25, 0.3) is 0 Å². The molecule has 0 saturated carbocycles. The van der Waals surface area contributed by atoms with Crippen molar-refractivity contribution in [3.63, 3.8) is 0 Å². The van der Waals surface area contributed by atoms with Crippen LogP contribution in [0, 0.1) is 5.92 Å². The standard InChI is InChI=1S/C19H25ClN4O3S/c1-4-5-14-21-16-15(18(26)24(3)19(27)23(16)2)17(22-14)28-10-13(25)11-6-8-12(20)9-7-11/h6-9,14-17,21-22H,4-5,10H2,1-3H3. The number of fused-ring (bicyclic) bond motifs is 1. The van der Waals surface area contributed by atoms with Gasteiger partial charge in [-0.3, -0.25) is 25.1 Å². The average Bonchev–Trinajstić information content (AvgIpc) is 2.69. The van der Waals surface area contributed by atoms with Crippen molar-refractivity contribution in [2.24, 2.45) is 5.92 Å². The molecule has 2 heterocycles. The van der Waals surface area contributed by atoms with Gasteiger partial charge in [-0.25, -0.2) is 4.79 Å². The molecule has 9 heteroatoms. The number of nitrogens with zero attached hydrogens (tertiary/aromatic N) is 2. The first kappa shape index (κ1) is 21.1. The maximum Gasteiger partial charge on any atom is 0.327 e. The highest BCUT2D eigenvalue weighted by atomic mass is 35.5. The van der Waals surface area contributed by atoms with Crippen LogP contribution >= 0.6 is 23.4 Å². The van der Waals surface area contributed by atoms with Crippen LogP contribution in [-0.4, -0.2) is 65.1 Å². The van der Waals surface area contributed by atoms with Gasteiger partial charge in [0.05, 0.1) is 29.4 Å². The summed E-state index contributed by atoms with van der Waals surface area (Å²) in [6.07, 6.45) is 1.39. The number of halogens is 1. The number of rotatable bonds is 6. The minimum Gasteiger partial charge on any atom is -0.311 e. The highest BCUT2D eigenvalue weighted by molar-refractivity contribution is 8.00. The first-order valence-electron chi connectivity index (χ1n) is 9.30. The van der Waals surface area contributed by atoms with E-state index in [-0.39, 0.29) is 35.0 Å². The van der Waals surface area contributed by atoms with E-state index in [4.69, 9.17) is 11.6 Å². The van der Waals surface area contributed by atoms with Crippen molar-refractivity contribution >= 4 is 41.1 Å². The Labute approximate surface area is 174 Å². The van der Waals surface area contributed by atoms with Crippen LogP contribution in [-0.2, 0) is 4.79 Å². The lowest BCUT2D eigenvalue weighted by Gasteiger charge is -2.50. The monoisotopic (exact) mass is 424 g/mol. The number of imide groups is 1. The third kappa shape index (κ3) is 4.20. The molecule has 3 amide bonds. The summed E-state index contributed by atoms with van der Waals surface area (Å²) in [7, 11) is 3.20. The van der Waals surface area contributed by atoms with E-state index in [2.05, 4.69) is 17.6 Å². The zero-order chi connectivity index (χ0) is 20.4. The lowest BCUT2D eigenvalue weighted by molar-refractivity contribution is -0.140. The molecule has 7 nitrogen and oxygen atoms in total. The van der Waals surface area contributed by atoms with Crippen molar-refractivity contribution in [2.45, 2.75) is 37.5 Å². The zero-order valence-electron chi connectivity index (χ0n) is 16.1. The average molecular weight is 425 g/mol.